The van der Waals surface area contributed by atoms with E-state index >= 15 is 0 Å². The zero-order chi connectivity index (χ0) is 14.0. The quantitative estimate of drug-likeness (QED) is 0.839. The van der Waals surface area contributed by atoms with Crippen molar-refractivity contribution in [1.82, 2.24) is 0 Å². The first kappa shape index (κ1) is 14.3. The molecule has 0 aliphatic heterocycles. The molecule has 98 valence electrons. The predicted octanol–water partition coefficient (Wildman–Crippen LogP) is 3.52. The third kappa shape index (κ3) is 3.12. The number of rotatable bonds is 4. The number of carbonyl (C=O) groups is 1. The van der Waals surface area contributed by atoms with Crippen LogP contribution in [-0.4, -0.2) is 11.1 Å². The van der Waals surface area contributed by atoms with Gasteiger partial charge in [0.05, 0.1) is 11.0 Å². The molecule has 0 fully saturated rings. The largest absolute Gasteiger partial charge is 0.481 e. The number of benzene rings is 1. The van der Waals surface area contributed by atoms with E-state index in [1.54, 1.807) is 0 Å². The zero-order valence-electron chi connectivity index (χ0n) is 9.79. The van der Waals surface area contributed by atoms with Crippen LogP contribution < -0.4 is 0 Å². The van der Waals surface area contributed by atoms with E-state index in [1.165, 1.54) is 25.1 Å². The topological polar surface area (TPSA) is 37.3 Å². The molecule has 1 aromatic carbocycles. The number of carboxylic acid groups (broad SMARTS) is 1. The van der Waals surface area contributed by atoms with Gasteiger partial charge < -0.3 is 5.11 Å². The molecular formula is C13H13F3O2. The van der Waals surface area contributed by atoms with E-state index in [4.69, 9.17) is 5.11 Å². The molecule has 1 N–H and O–H groups in total. The number of alkyl halides is 3. The van der Waals surface area contributed by atoms with Crippen LogP contribution in [0.15, 0.2) is 36.9 Å². The van der Waals surface area contributed by atoms with Crippen molar-refractivity contribution in [2.45, 2.75) is 19.5 Å². The number of hydrogen-bond donors (Lipinski definition) is 1. The second-order valence-corrected chi connectivity index (χ2v) is 4.30. The summed E-state index contributed by atoms with van der Waals surface area (Å²) in [5, 5.41) is 9.03. The first-order chi connectivity index (χ1) is 8.19. The summed E-state index contributed by atoms with van der Waals surface area (Å²) in [6.07, 6.45) is -3.00. The monoisotopic (exact) mass is 258 g/mol. The molecule has 1 atom stereocenters. The van der Waals surface area contributed by atoms with Crippen LogP contribution in [0.2, 0.25) is 0 Å². The van der Waals surface area contributed by atoms with Gasteiger partial charge in [0.2, 0.25) is 0 Å². The van der Waals surface area contributed by atoms with E-state index in [0.29, 0.717) is 5.56 Å². The molecule has 0 radical (unpaired) electrons. The van der Waals surface area contributed by atoms with E-state index in [2.05, 4.69) is 6.58 Å². The highest BCUT2D eigenvalue weighted by atomic mass is 19.4. The summed E-state index contributed by atoms with van der Waals surface area (Å²) in [6, 6.07) is 4.46. The lowest BCUT2D eigenvalue weighted by Gasteiger charge is -2.20. The molecule has 1 unspecified atom stereocenters. The summed E-state index contributed by atoms with van der Waals surface area (Å²) in [5.74, 6) is -1.06. The fraction of sp³-hybridized carbons (Fsp3) is 0.308. The predicted molar refractivity (Wildman–Crippen MR) is 61.1 cm³/mol. The summed E-state index contributed by atoms with van der Waals surface area (Å²) in [4.78, 5) is 11.0. The summed E-state index contributed by atoms with van der Waals surface area (Å²) in [5.41, 5.74) is -1.41. The fourth-order valence-corrected chi connectivity index (χ4v) is 1.47. The second kappa shape index (κ2) is 4.84. The van der Waals surface area contributed by atoms with E-state index < -0.39 is 23.1 Å². The zero-order valence-corrected chi connectivity index (χ0v) is 9.79. The molecule has 0 aliphatic carbocycles. The first-order valence-electron chi connectivity index (χ1n) is 5.22. The molecular weight excluding hydrogens is 245 g/mol. The Morgan fingerprint density at radius 1 is 1.33 bits per heavy atom. The third-order valence-electron chi connectivity index (χ3n) is 2.79. The van der Waals surface area contributed by atoms with Crippen LogP contribution in [0.5, 0.6) is 0 Å². The highest BCUT2D eigenvalue weighted by Crippen LogP contribution is 2.30. The first-order valence-corrected chi connectivity index (χ1v) is 5.22. The SMILES string of the molecule is C=CC(C)(Cc1ccc(C(F)(F)F)cc1)C(=O)O. The van der Waals surface area contributed by atoms with Crippen molar-refractivity contribution in [1.29, 1.82) is 0 Å². The molecule has 1 rings (SSSR count). The van der Waals surface area contributed by atoms with Crippen molar-refractivity contribution >= 4 is 5.97 Å². The standard InChI is InChI=1S/C13H13F3O2/c1-3-12(2,11(17)18)8-9-4-6-10(7-5-9)13(14,15)16/h3-7H,1,8H2,2H3,(H,17,18). The summed E-state index contributed by atoms with van der Waals surface area (Å²) >= 11 is 0. The number of carboxylic acids is 1. The van der Waals surface area contributed by atoms with Crippen molar-refractivity contribution in [2.24, 2.45) is 5.41 Å². The maximum Gasteiger partial charge on any atom is 0.416 e. The van der Waals surface area contributed by atoms with E-state index in [9.17, 15) is 18.0 Å². The molecule has 0 spiro atoms. The Kier molecular flexibility index (Phi) is 3.84. The average Bonchev–Trinajstić information content (AvgIpc) is 2.28. The van der Waals surface area contributed by atoms with Crippen LogP contribution in [0.3, 0.4) is 0 Å². The van der Waals surface area contributed by atoms with Gasteiger partial charge in [-0.15, -0.1) is 6.58 Å². The Balaban J connectivity index is 2.94. The molecule has 0 aliphatic rings. The van der Waals surface area contributed by atoms with Crippen LogP contribution in [-0.2, 0) is 17.4 Å². The van der Waals surface area contributed by atoms with Gasteiger partial charge in [-0.2, -0.15) is 13.2 Å². The number of halogens is 3. The van der Waals surface area contributed by atoms with Gasteiger partial charge in [0.15, 0.2) is 0 Å². The molecule has 0 saturated heterocycles. The minimum Gasteiger partial charge on any atom is -0.481 e. The molecule has 2 nitrogen and oxygen atoms in total. The number of hydrogen-bond acceptors (Lipinski definition) is 1. The van der Waals surface area contributed by atoms with Crippen LogP contribution in [0.4, 0.5) is 13.2 Å². The Morgan fingerprint density at radius 3 is 2.17 bits per heavy atom. The molecule has 5 heteroatoms. The van der Waals surface area contributed by atoms with Gasteiger partial charge in [0, 0.05) is 0 Å². The lowest BCUT2D eigenvalue weighted by atomic mass is 9.84. The molecule has 0 saturated carbocycles. The van der Waals surface area contributed by atoms with Crippen molar-refractivity contribution in [2.75, 3.05) is 0 Å². The Labute approximate surface area is 103 Å². The minimum atomic E-state index is -4.38. The lowest BCUT2D eigenvalue weighted by molar-refractivity contribution is -0.145. The van der Waals surface area contributed by atoms with Gasteiger partial charge in [0.25, 0.3) is 0 Å². The van der Waals surface area contributed by atoms with E-state index in [1.807, 2.05) is 0 Å². The number of aliphatic carboxylic acids is 1. The minimum absolute atomic E-state index is 0.101. The van der Waals surface area contributed by atoms with Gasteiger partial charge in [-0.3, -0.25) is 4.79 Å². The summed E-state index contributed by atoms with van der Waals surface area (Å²) in [6.45, 7) is 4.92. The molecule has 0 heterocycles. The third-order valence-corrected chi connectivity index (χ3v) is 2.79. The van der Waals surface area contributed by atoms with Crippen molar-refractivity contribution in [3.63, 3.8) is 0 Å². The van der Waals surface area contributed by atoms with Crippen molar-refractivity contribution in [3.05, 3.63) is 48.0 Å². The highest BCUT2D eigenvalue weighted by molar-refractivity contribution is 5.76. The molecule has 0 aromatic heterocycles. The Bertz CT molecular complexity index is 448. The average molecular weight is 258 g/mol. The summed E-state index contributed by atoms with van der Waals surface area (Å²) in [7, 11) is 0. The smallest absolute Gasteiger partial charge is 0.416 e. The van der Waals surface area contributed by atoms with E-state index in [0.717, 1.165) is 12.1 Å². The normalized spacial score (nSPS) is 14.9. The van der Waals surface area contributed by atoms with Crippen molar-refractivity contribution in [3.8, 4) is 0 Å². The second-order valence-electron chi connectivity index (χ2n) is 4.30. The summed E-state index contributed by atoms with van der Waals surface area (Å²) < 4.78 is 37.0. The van der Waals surface area contributed by atoms with Crippen LogP contribution >= 0.6 is 0 Å². The van der Waals surface area contributed by atoms with Crippen LogP contribution in [0.25, 0.3) is 0 Å². The van der Waals surface area contributed by atoms with Gasteiger partial charge in [-0.25, -0.2) is 0 Å². The van der Waals surface area contributed by atoms with Crippen LogP contribution in [0.1, 0.15) is 18.1 Å². The van der Waals surface area contributed by atoms with Crippen molar-refractivity contribution < 1.29 is 23.1 Å². The van der Waals surface area contributed by atoms with Gasteiger partial charge in [0.1, 0.15) is 0 Å². The molecule has 1 aromatic rings. The molecule has 0 amide bonds. The molecule has 18 heavy (non-hydrogen) atoms. The maximum atomic E-state index is 12.3. The molecule has 0 bridgehead atoms. The lowest BCUT2D eigenvalue weighted by Crippen LogP contribution is -2.27. The van der Waals surface area contributed by atoms with Gasteiger partial charge in [-0.05, 0) is 31.0 Å². The Hall–Kier alpha value is -1.78. The van der Waals surface area contributed by atoms with Gasteiger partial charge in [-0.1, -0.05) is 18.2 Å². The maximum absolute atomic E-state index is 12.3. The Morgan fingerprint density at radius 2 is 1.83 bits per heavy atom. The fourth-order valence-electron chi connectivity index (χ4n) is 1.47. The van der Waals surface area contributed by atoms with Gasteiger partial charge >= 0.3 is 12.1 Å². The highest BCUT2D eigenvalue weighted by Gasteiger charge is 2.32. The van der Waals surface area contributed by atoms with Crippen LogP contribution in [0, 0.1) is 5.41 Å². The van der Waals surface area contributed by atoms with E-state index in [-0.39, 0.29) is 6.42 Å².